The summed E-state index contributed by atoms with van der Waals surface area (Å²) in [7, 11) is 0. The lowest BCUT2D eigenvalue weighted by atomic mass is 10.2. The predicted molar refractivity (Wildman–Crippen MR) is 87.3 cm³/mol. The van der Waals surface area contributed by atoms with E-state index in [9.17, 15) is 9.59 Å². The minimum atomic E-state index is -0.427. The zero-order chi connectivity index (χ0) is 16.9. The van der Waals surface area contributed by atoms with Crippen LogP contribution in [0, 0.1) is 6.92 Å². The molecule has 2 heterocycles. The lowest BCUT2D eigenvalue weighted by Gasteiger charge is -2.15. The smallest absolute Gasteiger partial charge is 0.319 e. The van der Waals surface area contributed by atoms with Gasteiger partial charge in [-0.1, -0.05) is 17.3 Å². The minimum absolute atomic E-state index is 0.00440. The molecule has 2 aromatic rings. The molecular weight excluding hydrogens is 310 g/mol. The molecule has 0 aliphatic carbocycles. The fourth-order valence-corrected chi connectivity index (χ4v) is 2.56. The predicted octanol–water partition coefficient (Wildman–Crippen LogP) is 1.79. The van der Waals surface area contributed by atoms with E-state index in [0.29, 0.717) is 17.4 Å². The number of carbonyl (C=O) groups is 2. The van der Waals surface area contributed by atoms with E-state index in [-0.39, 0.29) is 12.5 Å². The summed E-state index contributed by atoms with van der Waals surface area (Å²) in [5.74, 6) is 0.876. The van der Waals surface area contributed by atoms with Gasteiger partial charge in [0.1, 0.15) is 0 Å². The van der Waals surface area contributed by atoms with E-state index in [1.165, 1.54) is 0 Å². The third-order valence-corrected chi connectivity index (χ3v) is 3.77. The van der Waals surface area contributed by atoms with E-state index in [2.05, 4.69) is 20.8 Å². The first-order chi connectivity index (χ1) is 11.6. The highest BCUT2D eigenvalue weighted by Crippen LogP contribution is 2.19. The molecule has 1 aromatic heterocycles. The van der Waals surface area contributed by atoms with Crippen molar-refractivity contribution in [2.75, 3.05) is 25.0 Å². The van der Waals surface area contributed by atoms with Crippen molar-refractivity contribution < 1.29 is 14.1 Å². The van der Waals surface area contributed by atoms with Gasteiger partial charge < -0.3 is 20.1 Å². The molecule has 8 heteroatoms. The molecule has 8 nitrogen and oxygen atoms in total. The number of hydrogen-bond donors (Lipinski definition) is 2. The minimum Gasteiger partial charge on any atom is -0.341 e. The van der Waals surface area contributed by atoms with Gasteiger partial charge in [-0.15, -0.1) is 0 Å². The molecule has 0 unspecified atom stereocenters. The van der Waals surface area contributed by atoms with Gasteiger partial charge in [0.25, 0.3) is 0 Å². The van der Waals surface area contributed by atoms with Crippen LogP contribution in [0.2, 0.25) is 0 Å². The number of anilines is 1. The van der Waals surface area contributed by atoms with Gasteiger partial charge in [-0.2, -0.15) is 4.98 Å². The number of aromatic nitrogens is 2. The van der Waals surface area contributed by atoms with Crippen molar-refractivity contribution >= 4 is 17.6 Å². The van der Waals surface area contributed by atoms with E-state index in [0.717, 1.165) is 31.5 Å². The van der Waals surface area contributed by atoms with Crippen molar-refractivity contribution in [1.82, 2.24) is 20.4 Å². The summed E-state index contributed by atoms with van der Waals surface area (Å²) >= 11 is 0. The fourth-order valence-electron chi connectivity index (χ4n) is 2.56. The Kier molecular flexibility index (Phi) is 4.74. The molecule has 126 valence electrons. The molecule has 3 rings (SSSR count). The number of likely N-dealkylation sites (tertiary alicyclic amines) is 1. The summed E-state index contributed by atoms with van der Waals surface area (Å²) in [6, 6.07) is 6.67. The molecule has 1 aliphatic rings. The maximum Gasteiger partial charge on any atom is 0.319 e. The van der Waals surface area contributed by atoms with Crippen molar-refractivity contribution in [3.05, 3.63) is 30.2 Å². The number of benzene rings is 1. The number of nitrogens with one attached hydrogen (secondary N) is 2. The molecule has 0 radical (unpaired) electrons. The number of aryl methyl sites for hydroxylation is 1. The molecule has 0 spiro atoms. The van der Waals surface area contributed by atoms with Crippen LogP contribution in [0.25, 0.3) is 11.4 Å². The molecule has 2 N–H and O–H groups in total. The largest absolute Gasteiger partial charge is 0.341 e. The molecule has 1 saturated heterocycles. The molecular formula is C16H19N5O3. The van der Waals surface area contributed by atoms with Gasteiger partial charge in [0.15, 0.2) is 0 Å². The Bertz CT molecular complexity index is 737. The summed E-state index contributed by atoms with van der Waals surface area (Å²) in [5, 5.41) is 9.12. The number of hydrogen-bond acceptors (Lipinski definition) is 5. The van der Waals surface area contributed by atoms with Crippen molar-refractivity contribution in [3.8, 4) is 11.4 Å². The lowest BCUT2D eigenvalue weighted by molar-refractivity contribution is -0.128. The molecule has 3 amide bonds. The summed E-state index contributed by atoms with van der Waals surface area (Å²) < 4.78 is 4.95. The van der Waals surface area contributed by atoms with Gasteiger partial charge in [0, 0.05) is 31.3 Å². The van der Waals surface area contributed by atoms with Gasteiger partial charge in [-0.25, -0.2) is 4.79 Å². The lowest BCUT2D eigenvalue weighted by Crippen LogP contribution is -2.40. The molecule has 1 aliphatic heterocycles. The average Bonchev–Trinajstić information content (AvgIpc) is 3.24. The van der Waals surface area contributed by atoms with Crippen LogP contribution in [0.3, 0.4) is 0 Å². The topological polar surface area (TPSA) is 100 Å². The van der Waals surface area contributed by atoms with E-state index >= 15 is 0 Å². The Morgan fingerprint density at radius 3 is 2.79 bits per heavy atom. The third-order valence-electron chi connectivity index (χ3n) is 3.77. The normalized spacial score (nSPS) is 13.8. The first-order valence-electron chi connectivity index (χ1n) is 7.85. The number of nitrogens with zero attached hydrogens (tertiary/aromatic N) is 3. The van der Waals surface area contributed by atoms with Crippen molar-refractivity contribution in [3.63, 3.8) is 0 Å². The SMILES string of the molecule is Cc1nc(-c2cccc(NC(=O)NCC(=O)N3CCCC3)c2)no1. The highest BCUT2D eigenvalue weighted by Gasteiger charge is 2.18. The maximum absolute atomic E-state index is 11.9. The highest BCUT2D eigenvalue weighted by atomic mass is 16.5. The van der Waals surface area contributed by atoms with Gasteiger partial charge >= 0.3 is 6.03 Å². The Labute approximate surface area is 139 Å². The zero-order valence-corrected chi connectivity index (χ0v) is 13.4. The average molecular weight is 329 g/mol. The Balaban J connectivity index is 1.55. The van der Waals surface area contributed by atoms with E-state index in [1.807, 2.05) is 6.07 Å². The van der Waals surface area contributed by atoms with Crippen molar-refractivity contribution in [1.29, 1.82) is 0 Å². The van der Waals surface area contributed by atoms with Crippen LogP contribution in [-0.2, 0) is 4.79 Å². The monoisotopic (exact) mass is 329 g/mol. The van der Waals surface area contributed by atoms with Gasteiger partial charge in [0.05, 0.1) is 6.54 Å². The molecule has 0 bridgehead atoms. The van der Waals surface area contributed by atoms with Crippen LogP contribution in [0.15, 0.2) is 28.8 Å². The number of amides is 3. The molecule has 0 saturated carbocycles. The van der Waals surface area contributed by atoms with Crippen LogP contribution < -0.4 is 10.6 Å². The van der Waals surface area contributed by atoms with Crippen molar-refractivity contribution in [2.24, 2.45) is 0 Å². The Morgan fingerprint density at radius 2 is 2.08 bits per heavy atom. The van der Waals surface area contributed by atoms with Crippen LogP contribution >= 0.6 is 0 Å². The zero-order valence-electron chi connectivity index (χ0n) is 13.4. The number of carbonyl (C=O) groups excluding carboxylic acids is 2. The number of rotatable bonds is 4. The quantitative estimate of drug-likeness (QED) is 0.890. The van der Waals surface area contributed by atoms with Crippen molar-refractivity contribution in [2.45, 2.75) is 19.8 Å². The van der Waals surface area contributed by atoms with Crippen LogP contribution in [-0.4, -0.2) is 46.6 Å². The summed E-state index contributed by atoms with van der Waals surface area (Å²) in [4.78, 5) is 29.8. The van der Waals surface area contributed by atoms with E-state index in [4.69, 9.17) is 4.52 Å². The first kappa shape index (κ1) is 16.0. The second-order valence-electron chi connectivity index (χ2n) is 5.61. The highest BCUT2D eigenvalue weighted by molar-refractivity contribution is 5.92. The second kappa shape index (κ2) is 7.12. The Hall–Kier alpha value is -2.90. The Morgan fingerprint density at radius 1 is 1.29 bits per heavy atom. The maximum atomic E-state index is 11.9. The molecule has 0 atom stereocenters. The molecule has 24 heavy (non-hydrogen) atoms. The van der Waals surface area contributed by atoms with Gasteiger partial charge in [0.2, 0.25) is 17.6 Å². The second-order valence-corrected chi connectivity index (χ2v) is 5.61. The van der Waals surface area contributed by atoms with E-state index < -0.39 is 6.03 Å². The summed E-state index contributed by atoms with van der Waals surface area (Å²) in [6.45, 7) is 3.25. The molecule has 1 aromatic carbocycles. The van der Waals surface area contributed by atoms with Gasteiger partial charge in [-0.3, -0.25) is 4.79 Å². The third kappa shape index (κ3) is 3.89. The fraction of sp³-hybridized carbons (Fsp3) is 0.375. The van der Waals surface area contributed by atoms with Crippen LogP contribution in [0.4, 0.5) is 10.5 Å². The standard InChI is InChI=1S/C16H19N5O3/c1-11-18-15(20-24-11)12-5-4-6-13(9-12)19-16(23)17-10-14(22)21-7-2-3-8-21/h4-6,9H,2-3,7-8,10H2,1H3,(H2,17,19,23). The summed E-state index contributed by atoms with van der Waals surface area (Å²) in [6.07, 6.45) is 2.06. The summed E-state index contributed by atoms with van der Waals surface area (Å²) in [5.41, 5.74) is 1.32. The van der Waals surface area contributed by atoms with Crippen LogP contribution in [0.5, 0.6) is 0 Å². The van der Waals surface area contributed by atoms with Gasteiger partial charge in [-0.05, 0) is 25.0 Å². The van der Waals surface area contributed by atoms with E-state index in [1.54, 1.807) is 30.0 Å². The molecule has 1 fully saturated rings. The number of urea groups is 1. The van der Waals surface area contributed by atoms with Crippen LogP contribution in [0.1, 0.15) is 18.7 Å². The first-order valence-corrected chi connectivity index (χ1v) is 7.85.